The average molecular weight is 409 g/mol. The Morgan fingerprint density at radius 1 is 1.13 bits per heavy atom. The van der Waals surface area contributed by atoms with Gasteiger partial charge in [-0.1, -0.05) is 18.6 Å². The Hall–Kier alpha value is -3.35. The molecule has 0 saturated heterocycles. The molecule has 1 aromatic heterocycles. The van der Waals surface area contributed by atoms with Gasteiger partial charge < -0.3 is 20.7 Å². The average Bonchev–Trinajstić information content (AvgIpc) is 3.14. The molecule has 0 aliphatic carbocycles. The largest absolute Gasteiger partial charge is 0.481 e. The van der Waals surface area contributed by atoms with Crippen molar-refractivity contribution >= 4 is 35.1 Å². The number of carboxylic acid groups (broad SMARTS) is 1. The molecule has 2 aromatic rings. The Kier molecular flexibility index (Phi) is 6.40. The molecule has 2 amide bonds. The number of carboxylic acids is 1. The fourth-order valence-electron chi connectivity index (χ4n) is 3.84. The number of hydrogen-bond acceptors (Lipinski definition) is 3. The van der Waals surface area contributed by atoms with Crippen molar-refractivity contribution in [3.8, 4) is 0 Å². The number of H-pyrrole nitrogens is 1. The van der Waals surface area contributed by atoms with E-state index in [1.807, 2.05) is 39.0 Å². The molecule has 1 aliphatic rings. The van der Waals surface area contributed by atoms with Gasteiger partial charge in [-0.3, -0.25) is 14.4 Å². The summed E-state index contributed by atoms with van der Waals surface area (Å²) in [6.45, 7) is 6.16. The number of aliphatic carboxylic acids is 1. The Morgan fingerprint density at radius 3 is 2.63 bits per heavy atom. The molecule has 0 atom stereocenters. The molecule has 3 rings (SSSR count). The summed E-state index contributed by atoms with van der Waals surface area (Å²) in [6, 6.07) is 5.75. The van der Waals surface area contributed by atoms with E-state index >= 15 is 0 Å². The van der Waals surface area contributed by atoms with Crippen molar-refractivity contribution in [2.24, 2.45) is 0 Å². The molecule has 1 aliphatic heterocycles. The summed E-state index contributed by atoms with van der Waals surface area (Å²) in [5, 5.41) is 14.4. The van der Waals surface area contributed by atoms with E-state index in [2.05, 4.69) is 15.6 Å². The predicted molar refractivity (Wildman–Crippen MR) is 116 cm³/mol. The summed E-state index contributed by atoms with van der Waals surface area (Å²) < 4.78 is 0. The van der Waals surface area contributed by atoms with Crippen LogP contribution in [0, 0.1) is 20.8 Å². The Bertz CT molecular complexity index is 1030. The molecule has 1 aromatic carbocycles. The second-order valence-electron chi connectivity index (χ2n) is 7.63. The van der Waals surface area contributed by atoms with Crippen LogP contribution in [0.15, 0.2) is 18.2 Å². The molecule has 0 fully saturated rings. The fourth-order valence-corrected chi connectivity index (χ4v) is 3.84. The van der Waals surface area contributed by atoms with Crippen LogP contribution in [-0.2, 0) is 9.59 Å². The highest BCUT2D eigenvalue weighted by Gasteiger charge is 2.26. The van der Waals surface area contributed by atoms with Gasteiger partial charge in [0, 0.05) is 35.6 Å². The van der Waals surface area contributed by atoms with Gasteiger partial charge in [-0.15, -0.1) is 0 Å². The molecule has 30 heavy (non-hydrogen) atoms. The van der Waals surface area contributed by atoms with Crippen LogP contribution in [0.4, 0.5) is 5.69 Å². The lowest BCUT2D eigenvalue weighted by Crippen LogP contribution is -2.25. The van der Waals surface area contributed by atoms with Crippen molar-refractivity contribution in [2.75, 3.05) is 11.9 Å². The molecule has 2 heterocycles. The molecule has 7 nitrogen and oxygen atoms in total. The van der Waals surface area contributed by atoms with Gasteiger partial charge in [0.15, 0.2) is 0 Å². The van der Waals surface area contributed by atoms with Gasteiger partial charge in [0.2, 0.25) is 0 Å². The molecule has 7 heteroatoms. The molecule has 0 saturated carbocycles. The maximum atomic E-state index is 12.7. The minimum atomic E-state index is -0.798. The van der Waals surface area contributed by atoms with Crippen molar-refractivity contribution in [3.63, 3.8) is 0 Å². The number of carbonyl (C=O) groups is 3. The predicted octanol–water partition coefficient (Wildman–Crippen LogP) is 3.81. The molecule has 0 radical (unpaired) electrons. The second-order valence-corrected chi connectivity index (χ2v) is 7.63. The first kappa shape index (κ1) is 21.4. The summed E-state index contributed by atoms with van der Waals surface area (Å²) in [5.74, 6) is -1.12. The van der Waals surface area contributed by atoms with Gasteiger partial charge in [0.25, 0.3) is 11.8 Å². The quantitative estimate of drug-likeness (QED) is 0.392. The number of fused-ring (bicyclic) bond motifs is 1. The number of rotatable bonds is 8. The second kappa shape index (κ2) is 8.98. The molecule has 0 unspecified atom stereocenters. The minimum Gasteiger partial charge on any atom is -0.481 e. The normalized spacial score (nSPS) is 14.0. The number of benzene rings is 1. The highest BCUT2D eigenvalue weighted by atomic mass is 16.4. The van der Waals surface area contributed by atoms with Gasteiger partial charge in [-0.2, -0.15) is 0 Å². The van der Waals surface area contributed by atoms with Gasteiger partial charge in [-0.25, -0.2) is 0 Å². The monoisotopic (exact) mass is 409 g/mol. The number of aromatic nitrogens is 1. The van der Waals surface area contributed by atoms with Crippen LogP contribution in [0.25, 0.3) is 11.6 Å². The summed E-state index contributed by atoms with van der Waals surface area (Å²) in [4.78, 5) is 38.9. The number of aromatic amines is 1. The Balaban J connectivity index is 1.74. The maximum Gasteiger partial charge on any atom is 0.303 e. The minimum absolute atomic E-state index is 0.151. The number of anilines is 1. The lowest BCUT2D eigenvalue weighted by Gasteiger charge is -2.06. The van der Waals surface area contributed by atoms with E-state index in [1.165, 1.54) is 0 Å². The van der Waals surface area contributed by atoms with Crippen LogP contribution >= 0.6 is 0 Å². The van der Waals surface area contributed by atoms with Gasteiger partial charge in [-0.05, 0) is 56.9 Å². The van der Waals surface area contributed by atoms with Crippen molar-refractivity contribution in [1.82, 2.24) is 10.3 Å². The topological polar surface area (TPSA) is 111 Å². The van der Waals surface area contributed by atoms with E-state index in [0.29, 0.717) is 24.1 Å². The van der Waals surface area contributed by atoms with E-state index in [-0.39, 0.29) is 18.2 Å². The van der Waals surface area contributed by atoms with Gasteiger partial charge in [0.05, 0.1) is 11.1 Å². The van der Waals surface area contributed by atoms with E-state index in [0.717, 1.165) is 46.6 Å². The highest BCUT2D eigenvalue weighted by molar-refractivity contribution is 6.35. The Morgan fingerprint density at radius 2 is 1.90 bits per heavy atom. The summed E-state index contributed by atoms with van der Waals surface area (Å²) in [6.07, 6.45) is 4.04. The molecular weight excluding hydrogens is 382 g/mol. The zero-order valence-electron chi connectivity index (χ0n) is 17.5. The van der Waals surface area contributed by atoms with E-state index in [4.69, 9.17) is 5.11 Å². The van der Waals surface area contributed by atoms with Crippen LogP contribution in [0.3, 0.4) is 0 Å². The van der Waals surface area contributed by atoms with Crippen LogP contribution in [0.5, 0.6) is 0 Å². The van der Waals surface area contributed by atoms with Gasteiger partial charge in [0.1, 0.15) is 0 Å². The SMILES string of the molecule is Cc1cccc2c1/C(=C/c1[nH]c(C)c(C(=O)NCCCCCC(=O)O)c1C)C(=O)N2. The van der Waals surface area contributed by atoms with Gasteiger partial charge >= 0.3 is 5.97 Å². The smallest absolute Gasteiger partial charge is 0.303 e. The number of carbonyl (C=O) groups excluding carboxylic acids is 2. The van der Waals surface area contributed by atoms with Crippen molar-refractivity contribution < 1.29 is 19.5 Å². The van der Waals surface area contributed by atoms with Crippen LogP contribution < -0.4 is 10.6 Å². The molecular formula is C23H27N3O4. The lowest BCUT2D eigenvalue weighted by atomic mass is 9.99. The number of amides is 2. The zero-order valence-corrected chi connectivity index (χ0v) is 17.5. The van der Waals surface area contributed by atoms with E-state index < -0.39 is 5.97 Å². The Labute approximate surface area is 175 Å². The number of nitrogens with one attached hydrogen (secondary N) is 3. The van der Waals surface area contributed by atoms with Crippen LogP contribution in [0.2, 0.25) is 0 Å². The van der Waals surface area contributed by atoms with Crippen molar-refractivity contribution in [2.45, 2.75) is 46.5 Å². The standard InChI is InChI=1S/C23H27N3O4/c1-13-8-7-9-17-20(13)16(22(29)26-17)12-18-14(2)21(15(3)25-18)23(30)24-11-6-4-5-10-19(27)28/h7-9,12,25H,4-6,10-11H2,1-3H3,(H,24,30)(H,26,29)(H,27,28)/b16-12-. The molecule has 158 valence electrons. The fraction of sp³-hybridized carbons (Fsp3) is 0.348. The lowest BCUT2D eigenvalue weighted by molar-refractivity contribution is -0.137. The third-order valence-corrected chi connectivity index (χ3v) is 5.38. The third kappa shape index (κ3) is 4.45. The molecule has 0 spiro atoms. The molecule has 4 N–H and O–H groups in total. The summed E-state index contributed by atoms with van der Waals surface area (Å²) in [5.41, 5.74) is 6.13. The summed E-state index contributed by atoms with van der Waals surface area (Å²) in [7, 11) is 0. The summed E-state index contributed by atoms with van der Waals surface area (Å²) >= 11 is 0. The number of unbranched alkanes of at least 4 members (excludes halogenated alkanes) is 2. The first-order valence-electron chi connectivity index (χ1n) is 10.1. The first-order chi connectivity index (χ1) is 14.3. The number of aryl methyl sites for hydroxylation is 2. The zero-order chi connectivity index (χ0) is 21.8. The molecule has 0 bridgehead atoms. The number of hydrogen-bond donors (Lipinski definition) is 4. The van der Waals surface area contributed by atoms with Crippen molar-refractivity contribution in [3.05, 3.63) is 51.8 Å². The van der Waals surface area contributed by atoms with E-state index in [1.54, 1.807) is 6.08 Å². The maximum absolute atomic E-state index is 12.7. The van der Waals surface area contributed by atoms with Crippen molar-refractivity contribution in [1.29, 1.82) is 0 Å². The van der Waals surface area contributed by atoms with Crippen LogP contribution in [-0.4, -0.2) is 34.4 Å². The van der Waals surface area contributed by atoms with Crippen LogP contribution in [0.1, 0.15) is 64.1 Å². The third-order valence-electron chi connectivity index (χ3n) is 5.38. The van der Waals surface area contributed by atoms with E-state index in [9.17, 15) is 14.4 Å². The first-order valence-corrected chi connectivity index (χ1v) is 10.1. The highest BCUT2D eigenvalue weighted by Crippen LogP contribution is 2.36.